The van der Waals surface area contributed by atoms with Gasteiger partial charge in [0.1, 0.15) is 18.0 Å². The Morgan fingerprint density at radius 1 is 1.21 bits per heavy atom. The van der Waals surface area contributed by atoms with Gasteiger partial charge in [0.05, 0.1) is 11.7 Å². The maximum atomic E-state index is 12.4. The third-order valence-corrected chi connectivity index (χ3v) is 5.23. The van der Waals surface area contributed by atoms with E-state index in [1.807, 2.05) is 26.8 Å². The van der Waals surface area contributed by atoms with Crippen LogP contribution in [0.4, 0.5) is 4.79 Å². The second-order valence-corrected chi connectivity index (χ2v) is 8.93. The second kappa shape index (κ2) is 7.80. The minimum Gasteiger partial charge on any atom is -0.490 e. The van der Waals surface area contributed by atoms with Gasteiger partial charge in [0.25, 0.3) is 0 Å². The van der Waals surface area contributed by atoms with E-state index in [4.69, 9.17) is 32.7 Å². The SMILES string of the molecule is CN(C(=O)OC(C)(C)C)C1(COc2cncc(-c3cc(Cl)ccc3Cl)c2)CC1. The summed E-state index contributed by atoms with van der Waals surface area (Å²) in [7, 11) is 1.75. The van der Waals surface area contributed by atoms with E-state index in [0.717, 1.165) is 24.0 Å². The first kappa shape index (κ1) is 20.7. The molecule has 0 radical (unpaired) electrons. The molecule has 150 valence electrons. The molecule has 7 heteroatoms. The summed E-state index contributed by atoms with van der Waals surface area (Å²) in [5, 5.41) is 1.19. The normalized spacial score (nSPS) is 15.1. The van der Waals surface area contributed by atoms with Crippen LogP contribution in [0.25, 0.3) is 11.1 Å². The first-order valence-corrected chi connectivity index (χ1v) is 9.85. The van der Waals surface area contributed by atoms with Crippen molar-refractivity contribution in [3.8, 4) is 16.9 Å². The summed E-state index contributed by atoms with van der Waals surface area (Å²) in [4.78, 5) is 18.3. The zero-order chi connectivity index (χ0) is 20.5. The fraction of sp³-hybridized carbons (Fsp3) is 0.429. The number of likely N-dealkylation sites (N-methyl/N-ethyl adjacent to an activating group) is 1. The molecule has 1 aliphatic rings. The molecule has 3 rings (SSSR count). The van der Waals surface area contributed by atoms with Gasteiger partial charge in [-0.05, 0) is 57.9 Å². The molecule has 0 unspecified atom stereocenters. The van der Waals surface area contributed by atoms with E-state index in [9.17, 15) is 4.79 Å². The predicted molar refractivity (Wildman–Crippen MR) is 111 cm³/mol. The van der Waals surface area contributed by atoms with Crippen LogP contribution >= 0.6 is 23.2 Å². The van der Waals surface area contributed by atoms with Crippen LogP contribution in [0.3, 0.4) is 0 Å². The van der Waals surface area contributed by atoms with Gasteiger partial charge >= 0.3 is 6.09 Å². The molecule has 0 spiro atoms. The summed E-state index contributed by atoms with van der Waals surface area (Å²) < 4.78 is 11.5. The Morgan fingerprint density at radius 2 is 1.93 bits per heavy atom. The quantitative estimate of drug-likeness (QED) is 0.607. The van der Waals surface area contributed by atoms with E-state index in [2.05, 4.69) is 4.98 Å². The molecule has 2 aromatic rings. The van der Waals surface area contributed by atoms with E-state index >= 15 is 0 Å². The Balaban J connectivity index is 1.70. The molecule has 0 aliphatic heterocycles. The van der Waals surface area contributed by atoms with Crippen molar-refractivity contribution in [3.05, 3.63) is 46.7 Å². The van der Waals surface area contributed by atoms with Crippen LogP contribution in [0.15, 0.2) is 36.7 Å². The molecule has 0 bridgehead atoms. The van der Waals surface area contributed by atoms with Crippen molar-refractivity contribution in [3.63, 3.8) is 0 Å². The third kappa shape index (κ3) is 4.89. The molecule has 1 amide bonds. The molecule has 0 atom stereocenters. The number of hydrogen-bond donors (Lipinski definition) is 0. The minimum atomic E-state index is -0.531. The Hall–Kier alpha value is -1.98. The summed E-state index contributed by atoms with van der Waals surface area (Å²) in [6.07, 6.45) is 4.76. The number of ether oxygens (including phenoxy) is 2. The van der Waals surface area contributed by atoms with E-state index in [0.29, 0.717) is 22.4 Å². The topological polar surface area (TPSA) is 51.7 Å². The van der Waals surface area contributed by atoms with Gasteiger partial charge in [0, 0.05) is 34.4 Å². The summed E-state index contributed by atoms with van der Waals surface area (Å²) in [5.41, 5.74) is 0.734. The maximum absolute atomic E-state index is 12.4. The van der Waals surface area contributed by atoms with Gasteiger partial charge in [-0.1, -0.05) is 23.2 Å². The number of benzene rings is 1. The monoisotopic (exact) mass is 422 g/mol. The molecule has 1 aromatic heterocycles. The maximum Gasteiger partial charge on any atom is 0.410 e. The lowest BCUT2D eigenvalue weighted by Gasteiger charge is -2.30. The summed E-state index contributed by atoms with van der Waals surface area (Å²) >= 11 is 12.4. The number of hydrogen-bond acceptors (Lipinski definition) is 4. The Kier molecular flexibility index (Phi) is 5.78. The highest BCUT2D eigenvalue weighted by Crippen LogP contribution is 2.42. The number of pyridine rings is 1. The van der Waals surface area contributed by atoms with Crippen molar-refractivity contribution < 1.29 is 14.3 Å². The van der Waals surface area contributed by atoms with Crippen molar-refractivity contribution in [1.82, 2.24) is 9.88 Å². The van der Waals surface area contributed by atoms with Crippen LogP contribution in [-0.2, 0) is 4.74 Å². The number of carbonyl (C=O) groups excluding carboxylic acids is 1. The van der Waals surface area contributed by atoms with Crippen LogP contribution in [0, 0.1) is 0 Å². The fourth-order valence-electron chi connectivity index (χ4n) is 2.83. The summed E-state index contributed by atoms with van der Waals surface area (Å²) in [5.74, 6) is 0.609. The lowest BCUT2D eigenvalue weighted by molar-refractivity contribution is 0.0139. The van der Waals surface area contributed by atoms with Gasteiger partial charge in [-0.15, -0.1) is 0 Å². The number of nitrogens with zero attached hydrogens (tertiary/aromatic N) is 2. The Morgan fingerprint density at radius 3 is 2.57 bits per heavy atom. The smallest absolute Gasteiger partial charge is 0.410 e. The summed E-state index contributed by atoms with van der Waals surface area (Å²) in [6, 6.07) is 7.16. The average molecular weight is 423 g/mol. The lowest BCUT2D eigenvalue weighted by atomic mass is 10.1. The molecule has 28 heavy (non-hydrogen) atoms. The lowest BCUT2D eigenvalue weighted by Crippen LogP contribution is -2.45. The zero-order valence-corrected chi connectivity index (χ0v) is 18.0. The van der Waals surface area contributed by atoms with E-state index in [1.165, 1.54) is 0 Å². The molecule has 0 saturated heterocycles. The molecular weight excluding hydrogens is 399 g/mol. The van der Waals surface area contributed by atoms with Gasteiger partial charge in [0.2, 0.25) is 0 Å². The van der Waals surface area contributed by atoms with Crippen molar-refractivity contribution in [2.24, 2.45) is 0 Å². The number of rotatable bonds is 5. The predicted octanol–water partition coefficient (Wildman–Crippen LogP) is 5.83. The van der Waals surface area contributed by atoms with Crippen LogP contribution < -0.4 is 4.74 Å². The number of aromatic nitrogens is 1. The molecule has 5 nitrogen and oxygen atoms in total. The fourth-order valence-corrected chi connectivity index (χ4v) is 3.23. The van der Waals surface area contributed by atoms with Gasteiger partial charge in [0.15, 0.2) is 0 Å². The van der Waals surface area contributed by atoms with Crippen molar-refractivity contribution in [2.45, 2.75) is 44.8 Å². The standard InChI is InChI=1S/C21H24Cl2N2O3/c1-20(2,3)28-19(26)25(4)21(7-8-21)13-27-16-9-14(11-24-12-16)17-10-15(22)5-6-18(17)23/h5-6,9-12H,7-8,13H2,1-4H3. The number of carbonyl (C=O) groups is 1. The van der Waals surface area contributed by atoms with Crippen LogP contribution in [0.5, 0.6) is 5.75 Å². The van der Waals surface area contributed by atoms with Crippen molar-refractivity contribution >= 4 is 29.3 Å². The molecule has 1 aliphatic carbocycles. The van der Waals surface area contributed by atoms with Gasteiger partial charge in [-0.25, -0.2) is 4.79 Å². The van der Waals surface area contributed by atoms with Gasteiger partial charge < -0.3 is 14.4 Å². The molecule has 1 fully saturated rings. The Labute approximate surface area is 175 Å². The number of amides is 1. The molecule has 1 heterocycles. The Bertz CT molecular complexity index is 876. The molecule has 1 aromatic carbocycles. The van der Waals surface area contributed by atoms with Crippen LogP contribution in [-0.4, -0.2) is 40.8 Å². The van der Waals surface area contributed by atoms with Crippen molar-refractivity contribution in [1.29, 1.82) is 0 Å². The first-order chi connectivity index (χ1) is 13.1. The molecule has 0 N–H and O–H groups in total. The highest BCUT2D eigenvalue weighted by molar-refractivity contribution is 6.35. The van der Waals surface area contributed by atoms with Gasteiger partial charge in [-0.2, -0.15) is 0 Å². The largest absolute Gasteiger partial charge is 0.490 e. The highest BCUT2D eigenvalue weighted by Gasteiger charge is 2.50. The number of halogens is 2. The van der Waals surface area contributed by atoms with Crippen LogP contribution in [0.1, 0.15) is 33.6 Å². The van der Waals surface area contributed by atoms with E-state index < -0.39 is 5.60 Å². The zero-order valence-electron chi connectivity index (χ0n) is 16.5. The van der Waals surface area contributed by atoms with E-state index in [1.54, 1.807) is 42.5 Å². The van der Waals surface area contributed by atoms with Gasteiger partial charge in [-0.3, -0.25) is 4.98 Å². The average Bonchev–Trinajstić information content (AvgIpc) is 3.41. The molecule has 1 saturated carbocycles. The summed E-state index contributed by atoms with van der Waals surface area (Å²) in [6.45, 7) is 5.93. The minimum absolute atomic E-state index is 0.341. The van der Waals surface area contributed by atoms with Crippen molar-refractivity contribution in [2.75, 3.05) is 13.7 Å². The van der Waals surface area contributed by atoms with Crippen LogP contribution in [0.2, 0.25) is 10.0 Å². The second-order valence-electron chi connectivity index (χ2n) is 8.09. The molecular formula is C21H24Cl2N2O3. The van der Waals surface area contributed by atoms with E-state index in [-0.39, 0.29) is 11.6 Å². The first-order valence-electron chi connectivity index (χ1n) is 9.10. The third-order valence-electron chi connectivity index (χ3n) is 4.67. The highest BCUT2D eigenvalue weighted by atomic mass is 35.5.